The Bertz CT molecular complexity index is 608. The summed E-state index contributed by atoms with van der Waals surface area (Å²) < 4.78 is 5.72. The molecule has 0 spiro atoms. The number of hydrogen-bond donors (Lipinski definition) is 2. The molecular formula is C16H20N2O3. The summed E-state index contributed by atoms with van der Waals surface area (Å²) in [6.45, 7) is 4.17. The van der Waals surface area contributed by atoms with E-state index >= 15 is 0 Å². The summed E-state index contributed by atoms with van der Waals surface area (Å²) in [5, 5.41) is 13.2. The van der Waals surface area contributed by atoms with Crippen LogP contribution in [-0.2, 0) is 4.79 Å². The molecule has 0 aliphatic carbocycles. The van der Waals surface area contributed by atoms with Crippen molar-refractivity contribution < 1.29 is 14.6 Å². The van der Waals surface area contributed by atoms with Gasteiger partial charge in [-0.05, 0) is 12.1 Å². The number of para-hydroxylation sites is 1. The van der Waals surface area contributed by atoms with E-state index in [0.29, 0.717) is 18.8 Å². The lowest BCUT2D eigenvalue weighted by Crippen LogP contribution is -2.41. The zero-order valence-electron chi connectivity index (χ0n) is 12.2. The molecule has 0 saturated heterocycles. The van der Waals surface area contributed by atoms with Crippen LogP contribution in [0.15, 0.2) is 36.5 Å². The first-order valence-corrected chi connectivity index (χ1v) is 7.03. The molecule has 0 aliphatic rings. The van der Waals surface area contributed by atoms with Gasteiger partial charge in [-0.2, -0.15) is 0 Å². The zero-order chi connectivity index (χ0) is 15.2. The van der Waals surface area contributed by atoms with Gasteiger partial charge in [-0.15, -0.1) is 0 Å². The second-order valence-corrected chi connectivity index (χ2v) is 5.18. The van der Waals surface area contributed by atoms with Gasteiger partial charge in [0.25, 0.3) is 0 Å². The fraction of sp³-hybridized carbons (Fsp3) is 0.375. The maximum Gasteiger partial charge on any atom is 0.320 e. The van der Waals surface area contributed by atoms with Crippen molar-refractivity contribution in [2.75, 3.05) is 6.61 Å². The predicted molar refractivity (Wildman–Crippen MR) is 81.6 cm³/mol. The monoisotopic (exact) mass is 288 g/mol. The minimum atomic E-state index is -0.858. The van der Waals surface area contributed by atoms with E-state index in [1.54, 1.807) is 6.20 Å². The van der Waals surface area contributed by atoms with Crippen LogP contribution in [-0.4, -0.2) is 34.8 Å². The maximum atomic E-state index is 11.2. The Morgan fingerprint density at radius 1 is 1.33 bits per heavy atom. The molecule has 2 rings (SSSR count). The molecule has 1 unspecified atom stereocenters. The van der Waals surface area contributed by atoms with E-state index in [9.17, 15) is 4.79 Å². The van der Waals surface area contributed by atoms with Crippen molar-refractivity contribution in [3.05, 3.63) is 36.5 Å². The third-order valence-corrected chi connectivity index (χ3v) is 3.09. The molecule has 0 bridgehead atoms. The van der Waals surface area contributed by atoms with Crippen LogP contribution >= 0.6 is 0 Å². The van der Waals surface area contributed by atoms with E-state index < -0.39 is 12.0 Å². The SMILES string of the molecule is CC(C)NC(CCOc1cccc2cccnc12)C(=O)O. The summed E-state index contributed by atoms with van der Waals surface area (Å²) in [7, 11) is 0. The van der Waals surface area contributed by atoms with Crippen LogP contribution in [0.4, 0.5) is 0 Å². The molecule has 2 N–H and O–H groups in total. The smallest absolute Gasteiger partial charge is 0.320 e. The summed E-state index contributed by atoms with van der Waals surface area (Å²) in [4.78, 5) is 15.5. The molecule has 21 heavy (non-hydrogen) atoms. The third-order valence-electron chi connectivity index (χ3n) is 3.09. The Labute approximate surface area is 124 Å². The van der Waals surface area contributed by atoms with Crippen molar-refractivity contribution in [3.63, 3.8) is 0 Å². The van der Waals surface area contributed by atoms with Gasteiger partial charge in [-0.3, -0.25) is 9.78 Å². The quantitative estimate of drug-likeness (QED) is 0.819. The van der Waals surface area contributed by atoms with Gasteiger partial charge >= 0.3 is 5.97 Å². The van der Waals surface area contributed by atoms with Gasteiger partial charge in [0.15, 0.2) is 0 Å². The summed E-state index contributed by atoms with van der Waals surface area (Å²) in [6.07, 6.45) is 2.12. The van der Waals surface area contributed by atoms with E-state index in [1.807, 2.05) is 44.2 Å². The molecule has 1 aromatic heterocycles. The van der Waals surface area contributed by atoms with Crippen molar-refractivity contribution in [3.8, 4) is 5.75 Å². The Hall–Kier alpha value is -2.14. The third kappa shape index (κ3) is 4.16. The van der Waals surface area contributed by atoms with Crippen LogP contribution in [0.25, 0.3) is 10.9 Å². The number of fused-ring (bicyclic) bond motifs is 1. The highest BCUT2D eigenvalue weighted by Crippen LogP contribution is 2.23. The number of carboxylic acid groups (broad SMARTS) is 1. The van der Waals surface area contributed by atoms with Crippen LogP contribution in [0.3, 0.4) is 0 Å². The van der Waals surface area contributed by atoms with Gasteiger partial charge < -0.3 is 15.2 Å². The van der Waals surface area contributed by atoms with E-state index in [1.165, 1.54) is 0 Å². The standard InChI is InChI=1S/C16H20N2O3/c1-11(2)18-13(16(19)20)8-10-21-14-7-3-5-12-6-4-9-17-15(12)14/h3-7,9,11,13,18H,8,10H2,1-2H3,(H,19,20). The number of hydrogen-bond acceptors (Lipinski definition) is 4. The fourth-order valence-electron chi connectivity index (χ4n) is 2.16. The minimum Gasteiger partial charge on any atom is -0.491 e. The highest BCUT2D eigenvalue weighted by atomic mass is 16.5. The largest absolute Gasteiger partial charge is 0.491 e. The summed E-state index contributed by atoms with van der Waals surface area (Å²) >= 11 is 0. The Morgan fingerprint density at radius 3 is 2.81 bits per heavy atom. The number of benzene rings is 1. The van der Waals surface area contributed by atoms with E-state index in [0.717, 1.165) is 10.9 Å². The molecule has 2 aromatic rings. The molecule has 1 atom stereocenters. The summed E-state index contributed by atoms with van der Waals surface area (Å²) in [6, 6.07) is 9.07. The second kappa shape index (κ2) is 7.04. The second-order valence-electron chi connectivity index (χ2n) is 5.18. The highest BCUT2D eigenvalue weighted by molar-refractivity contribution is 5.84. The van der Waals surface area contributed by atoms with Gasteiger partial charge in [0.05, 0.1) is 6.61 Å². The molecule has 0 aliphatic heterocycles. The molecule has 0 fully saturated rings. The van der Waals surface area contributed by atoms with Gasteiger partial charge in [-0.25, -0.2) is 0 Å². The molecule has 112 valence electrons. The number of ether oxygens (including phenoxy) is 1. The number of pyridine rings is 1. The van der Waals surface area contributed by atoms with Gasteiger partial charge in [0, 0.05) is 24.0 Å². The van der Waals surface area contributed by atoms with E-state index in [4.69, 9.17) is 9.84 Å². The fourth-order valence-corrected chi connectivity index (χ4v) is 2.16. The van der Waals surface area contributed by atoms with E-state index in [-0.39, 0.29) is 6.04 Å². The lowest BCUT2D eigenvalue weighted by Gasteiger charge is -2.17. The molecular weight excluding hydrogens is 268 g/mol. The summed E-state index contributed by atoms with van der Waals surface area (Å²) in [5.41, 5.74) is 0.795. The lowest BCUT2D eigenvalue weighted by atomic mass is 10.2. The maximum absolute atomic E-state index is 11.2. The zero-order valence-corrected chi connectivity index (χ0v) is 12.2. The number of aromatic nitrogens is 1. The van der Waals surface area contributed by atoms with Crippen molar-refractivity contribution >= 4 is 16.9 Å². The van der Waals surface area contributed by atoms with Crippen LogP contribution in [0, 0.1) is 0 Å². The average Bonchev–Trinajstić information content (AvgIpc) is 2.46. The highest BCUT2D eigenvalue weighted by Gasteiger charge is 2.18. The van der Waals surface area contributed by atoms with Crippen molar-refractivity contribution in [1.82, 2.24) is 10.3 Å². The number of rotatable bonds is 7. The van der Waals surface area contributed by atoms with Crippen LogP contribution < -0.4 is 10.1 Å². The molecule has 5 heteroatoms. The molecule has 1 heterocycles. The van der Waals surface area contributed by atoms with Gasteiger partial charge in [0.1, 0.15) is 17.3 Å². The molecule has 0 amide bonds. The van der Waals surface area contributed by atoms with Crippen molar-refractivity contribution in [2.24, 2.45) is 0 Å². The normalized spacial score (nSPS) is 12.5. The van der Waals surface area contributed by atoms with Crippen molar-refractivity contribution in [2.45, 2.75) is 32.4 Å². The Morgan fingerprint density at radius 2 is 2.10 bits per heavy atom. The first-order chi connectivity index (χ1) is 10.1. The molecule has 5 nitrogen and oxygen atoms in total. The molecule has 0 radical (unpaired) electrons. The van der Waals surface area contributed by atoms with Crippen LogP contribution in [0.5, 0.6) is 5.75 Å². The number of aliphatic carboxylic acids is 1. The van der Waals surface area contributed by atoms with E-state index in [2.05, 4.69) is 10.3 Å². The number of nitrogens with zero attached hydrogens (tertiary/aromatic N) is 1. The van der Waals surface area contributed by atoms with Crippen LogP contribution in [0.1, 0.15) is 20.3 Å². The number of carboxylic acids is 1. The topological polar surface area (TPSA) is 71.5 Å². The summed E-state index contributed by atoms with van der Waals surface area (Å²) in [5.74, 6) is -0.176. The Kier molecular flexibility index (Phi) is 5.11. The average molecular weight is 288 g/mol. The lowest BCUT2D eigenvalue weighted by molar-refractivity contribution is -0.140. The van der Waals surface area contributed by atoms with Gasteiger partial charge in [0.2, 0.25) is 0 Å². The van der Waals surface area contributed by atoms with Crippen LogP contribution in [0.2, 0.25) is 0 Å². The number of nitrogens with one attached hydrogen (secondary N) is 1. The predicted octanol–water partition coefficient (Wildman–Crippen LogP) is 2.45. The van der Waals surface area contributed by atoms with Crippen molar-refractivity contribution in [1.29, 1.82) is 0 Å². The first-order valence-electron chi connectivity index (χ1n) is 7.03. The first kappa shape index (κ1) is 15.3. The van der Waals surface area contributed by atoms with Gasteiger partial charge in [-0.1, -0.05) is 32.0 Å². The molecule has 1 aromatic carbocycles. The Balaban J connectivity index is 2.00. The molecule has 0 saturated carbocycles. The number of carbonyl (C=O) groups is 1. The minimum absolute atomic E-state index is 0.116.